The van der Waals surface area contributed by atoms with Gasteiger partial charge in [0.15, 0.2) is 0 Å². The maximum atomic E-state index is 5.08. The van der Waals surface area contributed by atoms with Gasteiger partial charge in [-0.05, 0) is 38.5 Å². The lowest BCUT2D eigenvalue weighted by Gasteiger charge is -2.43. The fourth-order valence-electron chi connectivity index (χ4n) is 3.71. The van der Waals surface area contributed by atoms with Crippen LogP contribution >= 0.6 is 16.9 Å². The Morgan fingerprint density at radius 2 is 0.889 bits per heavy atom. The summed E-state index contributed by atoms with van der Waals surface area (Å²) in [5, 5.41) is 0. The van der Waals surface area contributed by atoms with Gasteiger partial charge in [-0.15, -0.1) is 4.52 Å². The van der Waals surface area contributed by atoms with Gasteiger partial charge in [0.25, 0.3) is 0 Å². The van der Waals surface area contributed by atoms with Gasteiger partial charge in [0.1, 0.15) is 0 Å². The van der Waals surface area contributed by atoms with Crippen molar-refractivity contribution < 1.29 is 0 Å². The van der Waals surface area contributed by atoms with Crippen LogP contribution in [0.1, 0.15) is 38.5 Å². The Balaban J connectivity index is 1.93. The summed E-state index contributed by atoms with van der Waals surface area (Å²) in [6.45, 7) is 7.68. The first-order chi connectivity index (χ1) is 8.88. The predicted molar refractivity (Wildman–Crippen MR) is 82.9 cm³/mol. The quantitative estimate of drug-likeness (QED) is 0.746. The second kappa shape index (κ2) is 5.89. The molecule has 3 fully saturated rings. The molecule has 0 amide bonds. The number of rotatable bonds is 3. The second-order valence-electron chi connectivity index (χ2n) is 5.66. The minimum absolute atomic E-state index is 1.28. The monoisotopic (exact) mass is 289 g/mol. The molecule has 0 N–H and O–H groups in total. The Morgan fingerprint density at radius 1 is 0.611 bits per heavy atom. The molecule has 3 saturated heterocycles. The van der Waals surface area contributed by atoms with Gasteiger partial charge >= 0.3 is 0 Å². The molecule has 3 rings (SSSR count). The van der Waals surface area contributed by atoms with E-state index in [0.717, 1.165) is 0 Å². The number of hydrogen-bond donors (Lipinski definition) is 0. The van der Waals surface area contributed by atoms with E-state index in [4.69, 9.17) is 4.52 Å². The van der Waals surface area contributed by atoms with Gasteiger partial charge in [0.05, 0.1) is 9.39 Å². The highest BCUT2D eigenvalue weighted by atomic mass is 31.2. The van der Waals surface area contributed by atoms with Crippen molar-refractivity contribution in [2.24, 2.45) is 4.52 Å². The van der Waals surface area contributed by atoms with Crippen molar-refractivity contribution in [3.05, 3.63) is 0 Å². The lowest BCUT2D eigenvalue weighted by Crippen LogP contribution is -2.37. The molecule has 0 aromatic heterocycles. The van der Waals surface area contributed by atoms with Crippen molar-refractivity contribution in [2.75, 3.05) is 39.3 Å². The van der Waals surface area contributed by atoms with Crippen molar-refractivity contribution >= 4 is 16.9 Å². The molecular formula is C12H27N4P2+. The molecule has 3 heterocycles. The third kappa shape index (κ3) is 2.21. The van der Waals surface area contributed by atoms with Gasteiger partial charge in [-0.3, -0.25) is 0 Å². The van der Waals surface area contributed by atoms with E-state index in [1.165, 1.54) is 77.8 Å². The molecule has 0 aromatic rings. The van der Waals surface area contributed by atoms with Crippen LogP contribution in [0.4, 0.5) is 0 Å². The number of nitrogens with zero attached hydrogens (tertiary/aromatic N) is 4. The van der Waals surface area contributed by atoms with Crippen LogP contribution in [0.15, 0.2) is 4.52 Å². The fraction of sp³-hybridized carbons (Fsp3) is 1.00. The Hall–Kier alpha value is 0.540. The van der Waals surface area contributed by atoms with Crippen molar-refractivity contribution in [1.82, 2.24) is 14.0 Å². The summed E-state index contributed by atoms with van der Waals surface area (Å²) < 4.78 is 13.4. The van der Waals surface area contributed by atoms with Crippen LogP contribution in [0.2, 0.25) is 0 Å². The third-order valence-electron chi connectivity index (χ3n) is 4.58. The van der Waals surface area contributed by atoms with Crippen LogP contribution in [0.25, 0.3) is 0 Å². The molecule has 0 bridgehead atoms. The summed E-state index contributed by atoms with van der Waals surface area (Å²) in [6.07, 6.45) is 8.26. The average Bonchev–Trinajstić information content (AvgIpc) is 3.16. The smallest absolute Gasteiger partial charge is 0.208 e. The van der Waals surface area contributed by atoms with Crippen LogP contribution in [0, 0.1) is 0 Å². The van der Waals surface area contributed by atoms with Crippen LogP contribution in [0.5, 0.6) is 0 Å². The van der Waals surface area contributed by atoms with Crippen molar-refractivity contribution in [3.8, 4) is 0 Å². The molecule has 0 radical (unpaired) electrons. The van der Waals surface area contributed by atoms with E-state index in [0.29, 0.717) is 0 Å². The SMILES string of the molecule is [PH3+]N=P(N1CCCC1)(N1CCCC1)N1CCCC1. The van der Waals surface area contributed by atoms with Gasteiger partial charge in [0, 0.05) is 39.3 Å². The molecule has 1 unspecified atom stereocenters. The molecule has 6 heteroatoms. The number of hydrogen-bond acceptors (Lipinski definition) is 1. The highest BCUT2D eigenvalue weighted by Gasteiger charge is 2.44. The summed E-state index contributed by atoms with van der Waals surface area (Å²) in [6, 6.07) is 0. The highest BCUT2D eigenvalue weighted by molar-refractivity contribution is 7.62. The second-order valence-corrected chi connectivity index (χ2v) is 9.56. The first kappa shape index (κ1) is 13.5. The van der Waals surface area contributed by atoms with Gasteiger partial charge in [0.2, 0.25) is 7.51 Å². The normalized spacial score (nSPS) is 28.4. The summed E-state index contributed by atoms with van der Waals surface area (Å²) >= 11 is 0. The zero-order valence-corrected chi connectivity index (χ0v) is 13.7. The van der Waals surface area contributed by atoms with Crippen LogP contribution in [-0.4, -0.2) is 53.3 Å². The van der Waals surface area contributed by atoms with E-state index in [1.807, 2.05) is 9.39 Å². The minimum Gasteiger partial charge on any atom is -0.243 e. The maximum absolute atomic E-state index is 5.08. The van der Waals surface area contributed by atoms with Crippen molar-refractivity contribution in [1.29, 1.82) is 0 Å². The Bertz CT molecular complexity index is 281. The van der Waals surface area contributed by atoms with Crippen LogP contribution in [-0.2, 0) is 0 Å². The molecule has 0 saturated carbocycles. The molecule has 4 nitrogen and oxygen atoms in total. The zero-order chi connectivity index (χ0) is 12.4. The molecule has 0 spiro atoms. The molecule has 3 aliphatic heterocycles. The topological polar surface area (TPSA) is 22.1 Å². The van der Waals surface area contributed by atoms with Crippen molar-refractivity contribution in [2.45, 2.75) is 38.5 Å². The lowest BCUT2D eigenvalue weighted by molar-refractivity contribution is 0.385. The first-order valence-electron chi connectivity index (χ1n) is 7.51. The van der Waals surface area contributed by atoms with Crippen LogP contribution in [0.3, 0.4) is 0 Å². The van der Waals surface area contributed by atoms with Gasteiger partial charge in [-0.1, -0.05) is 0 Å². The Kier molecular flexibility index (Phi) is 4.42. The van der Waals surface area contributed by atoms with E-state index in [-0.39, 0.29) is 0 Å². The standard InChI is InChI=1S/C12H26N4P2/c17-13-18(14-7-1-2-8-14,15-9-3-4-10-15)16-11-5-6-12-16/h1-12,17H2/p+1. The van der Waals surface area contributed by atoms with E-state index in [1.54, 1.807) is 0 Å². The predicted octanol–water partition coefficient (Wildman–Crippen LogP) is 2.74. The molecule has 1 atom stereocenters. The molecule has 104 valence electrons. The first-order valence-corrected chi connectivity index (χ1v) is 9.75. The van der Waals surface area contributed by atoms with Crippen LogP contribution < -0.4 is 0 Å². The zero-order valence-electron chi connectivity index (χ0n) is 11.4. The van der Waals surface area contributed by atoms with Gasteiger partial charge in [-0.2, -0.15) is 0 Å². The third-order valence-corrected chi connectivity index (χ3v) is 9.57. The Morgan fingerprint density at radius 3 is 1.11 bits per heavy atom. The van der Waals surface area contributed by atoms with E-state index < -0.39 is 7.51 Å². The molecule has 0 aromatic carbocycles. The van der Waals surface area contributed by atoms with E-state index in [9.17, 15) is 0 Å². The minimum atomic E-state index is -1.48. The fourth-order valence-corrected chi connectivity index (χ4v) is 9.39. The van der Waals surface area contributed by atoms with Gasteiger partial charge in [-0.25, -0.2) is 14.0 Å². The Labute approximate surface area is 114 Å². The molecule has 0 aliphatic carbocycles. The summed E-state index contributed by atoms with van der Waals surface area (Å²) in [7, 11) is 0.386. The van der Waals surface area contributed by atoms with E-state index in [2.05, 4.69) is 14.0 Å². The average molecular weight is 289 g/mol. The maximum Gasteiger partial charge on any atom is 0.208 e. The molecule has 3 aliphatic rings. The molecule has 18 heavy (non-hydrogen) atoms. The summed E-state index contributed by atoms with van der Waals surface area (Å²) in [4.78, 5) is 0. The van der Waals surface area contributed by atoms with Crippen molar-refractivity contribution in [3.63, 3.8) is 0 Å². The highest BCUT2D eigenvalue weighted by Crippen LogP contribution is 2.63. The molecular weight excluding hydrogens is 262 g/mol. The largest absolute Gasteiger partial charge is 0.243 e. The van der Waals surface area contributed by atoms with E-state index >= 15 is 0 Å². The summed E-state index contributed by atoms with van der Waals surface area (Å²) in [5.41, 5.74) is 0. The van der Waals surface area contributed by atoms with Gasteiger partial charge < -0.3 is 0 Å². The lowest BCUT2D eigenvalue weighted by atomic mass is 10.4. The summed E-state index contributed by atoms with van der Waals surface area (Å²) in [5.74, 6) is 0.